The van der Waals surface area contributed by atoms with Crippen LogP contribution in [0, 0.1) is 0 Å². The minimum Gasteiger partial charge on any atom is -0.362 e. The smallest absolute Gasteiger partial charge is 0.362 e. The summed E-state index contributed by atoms with van der Waals surface area (Å²) in [6, 6.07) is 0.697. The fourth-order valence-corrected chi connectivity index (χ4v) is 4.95. The number of halogens is 3. The zero-order valence-electron chi connectivity index (χ0n) is 15.3. The average Bonchev–Trinajstić information content (AvgIpc) is 2.59. The van der Waals surface area contributed by atoms with Crippen LogP contribution in [0.2, 0.25) is 0 Å². The molecule has 1 aromatic rings. The second-order valence-electron chi connectivity index (χ2n) is 5.64. The summed E-state index contributed by atoms with van der Waals surface area (Å²) in [6.07, 6.45) is -5.02. The van der Waals surface area contributed by atoms with Gasteiger partial charge in [-0.3, -0.25) is 18.9 Å². The zero-order chi connectivity index (χ0) is 25.0. The van der Waals surface area contributed by atoms with Crippen LogP contribution < -0.4 is 11.2 Å². The summed E-state index contributed by atoms with van der Waals surface area (Å²) in [7, 11) is -17.6. The molecule has 2 unspecified atom stereocenters. The van der Waals surface area contributed by atoms with Crippen LogP contribution >= 0.6 is 23.5 Å². The predicted octanol–water partition coefficient (Wildman–Crippen LogP) is -0.639. The van der Waals surface area contributed by atoms with Crippen LogP contribution in [0.1, 0.15) is 6.23 Å². The highest BCUT2D eigenvalue weighted by Crippen LogP contribution is 2.66. The van der Waals surface area contributed by atoms with Gasteiger partial charge in [0, 0.05) is 12.3 Å². The molecule has 32 heavy (non-hydrogen) atoms. The molecule has 1 aromatic heterocycles. The molecule has 0 amide bonds. The lowest BCUT2D eigenvalue weighted by atomic mass is 10.1. The highest BCUT2D eigenvalue weighted by molar-refractivity contribution is 7.66. The average molecular weight is 538 g/mol. The van der Waals surface area contributed by atoms with Crippen molar-refractivity contribution in [1.82, 2.24) is 9.55 Å². The van der Waals surface area contributed by atoms with Crippen molar-refractivity contribution < 1.29 is 69.4 Å². The first kappa shape index (κ1) is 28.8. The van der Waals surface area contributed by atoms with Gasteiger partial charge in [-0.05, 0) is 0 Å². The standard InChI is InChI=1S/C10H16F3N2O14P3/c11-3-7(15-2-1-6(16)14-9(15)18)27-10(4-12,8(13)17)5-26-31(22,23)29-32(24,25)28-30(19,20)21/h1-2,7-8,17H,3-5H2,(H,22,23)(H,24,25)(H,14,16,18)(H2,19,20,21)/t7-,8-,10-/m1/s1. The Morgan fingerprint density at radius 3 is 2.12 bits per heavy atom. The van der Waals surface area contributed by atoms with Crippen molar-refractivity contribution in [2.24, 2.45) is 0 Å². The molecule has 0 saturated heterocycles. The molecule has 0 fully saturated rings. The van der Waals surface area contributed by atoms with Crippen molar-refractivity contribution in [2.75, 3.05) is 20.0 Å². The number of aliphatic hydroxyl groups excluding tert-OH is 1. The van der Waals surface area contributed by atoms with Gasteiger partial charge in [0.25, 0.3) is 5.56 Å². The maximum atomic E-state index is 13.7. The number of alkyl halides is 3. The van der Waals surface area contributed by atoms with Crippen molar-refractivity contribution in [3.63, 3.8) is 0 Å². The molecule has 6 N–H and O–H groups in total. The summed E-state index contributed by atoms with van der Waals surface area (Å²) in [5, 5.41) is 9.23. The number of phosphoric ester groups is 1. The molecular formula is C10H16F3N2O14P3. The maximum Gasteiger partial charge on any atom is 0.490 e. The lowest BCUT2D eigenvalue weighted by molar-refractivity contribution is -0.236. The third-order valence-corrected chi connectivity index (χ3v) is 7.00. The SMILES string of the molecule is O=c1ccn([C@@H](CF)O[C@](CF)(COP(=O)(O)OP(=O)(O)OP(=O)(O)O)[C@@H](O)F)c(=O)[nH]1. The molecule has 0 bridgehead atoms. The molecule has 5 atom stereocenters. The number of aromatic amines is 1. The third-order valence-electron chi connectivity index (χ3n) is 3.21. The van der Waals surface area contributed by atoms with Crippen molar-refractivity contribution in [3.8, 4) is 0 Å². The van der Waals surface area contributed by atoms with E-state index in [1.54, 1.807) is 4.98 Å². The Bertz CT molecular complexity index is 1040. The van der Waals surface area contributed by atoms with Crippen LogP contribution in [0.25, 0.3) is 0 Å². The van der Waals surface area contributed by atoms with E-state index in [2.05, 4.69) is 17.9 Å². The van der Waals surface area contributed by atoms with Gasteiger partial charge in [-0.15, -0.1) is 0 Å². The molecule has 0 aliphatic carbocycles. The Morgan fingerprint density at radius 2 is 1.69 bits per heavy atom. The highest BCUT2D eigenvalue weighted by atomic mass is 31.3. The summed E-state index contributed by atoms with van der Waals surface area (Å²) in [6.45, 7) is -5.66. The minimum absolute atomic E-state index is 0.291. The van der Waals surface area contributed by atoms with Gasteiger partial charge in [0.05, 0.1) is 6.61 Å². The number of rotatable bonds is 13. The van der Waals surface area contributed by atoms with E-state index < -0.39 is 72.9 Å². The van der Waals surface area contributed by atoms with E-state index in [-0.39, 0.29) is 0 Å². The first-order valence-electron chi connectivity index (χ1n) is 7.67. The molecule has 0 spiro atoms. The van der Waals surface area contributed by atoms with Gasteiger partial charge in [-0.2, -0.15) is 8.62 Å². The van der Waals surface area contributed by atoms with Crippen molar-refractivity contribution in [1.29, 1.82) is 0 Å². The second kappa shape index (κ2) is 10.8. The van der Waals surface area contributed by atoms with Crippen LogP contribution in [-0.4, -0.2) is 66.1 Å². The van der Waals surface area contributed by atoms with Gasteiger partial charge in [0.15, 0.2) is 11.8 Å². The van der Waals surface area contributed by atoms with E-state index >= 15 is 0 Å². The molecule has 1 heterocycles. The molecule has 0 aromatic carbocycles. The van der Waals surface area contributed by atoms with E-state index in [9.17, 15) is 46.5 Å². The number of hydrogen-bond donors (Lipinski definition) is 6. The Morgan fingerprint density at radius 1 is 1.09 bits per heavy atom. The first-order chi connectivity index (χ1) is 14.5. The van der Waals surface area contributed by atoms with Crippen molar-refractivity contribution >= 4 is 23.5 Å². The third kappa shape index (κ3) is 8.62. The molecule has 0 aliphatic rings. The fraction of sp³-hybridized carbons (Fsp3) is 0.600. The van der Waals surface area contributed by atoms with Crippen LogP contribution in [0.5, 0.6) is 0 Å². The van der Waals surface area contributed by atoms with Crippen molar-refractivity contribution in [2.45, 2.75) is 18.2 Å². The number of aromatic nitrogens is 2. The fourth-order valence-electron chi connectivity index (χ4n) is 1.87. The molecular weight excluding hydrogens is 522 g/mol. The number of hydrogen-bond acceptors (Lipinski definition) is 10. The van der Waals surface area contributed by atoms with Crippen LogP contribution in [0.15, 0.2) is 21.9 Å². The van der Waals surface area contributed by atoms with Gasteiger partial charge < -0.3 is 29.4 Å². The summed E-state index contributed by atoms with van der Waals surface area (Å²) >= 11 is 0. The van der Waals surface area contributed by atoms with Crippen LogP contribution in [-0.2, 0) is 31.6 Å². The Hall–Kier alpha value is -1.20. The Labute approximate surface area is 174 Å². The minimum atomic E-state index is -5.97. The van der Waals surface area contributed by atoms with E-state index in [0.29, 0.717) is 16.8 Å². The van der Waals surface area contributed by atoms with Crippen LogP contribution in [0.4, 0.5) is 13.2 Å². The molecule has 0 radical (unpaired) electrons. The van der Waals surface area contributed by atoms with Gasteiger partial charge in [-0.25, -0.2) is 31.7 Å². The van der Waals surface area contributed by atoms with Gasteiger partial charge in [0.2, 0.25) is 6.36 Å². The molecule has 0 saturated carbocycles. The van der Waals surface area contributed by atoms with E-state index in [1.807, 2.05) is 0 Å². The Kier molecular flexibility index (Phi) is 9.75. The van der Waals surface area contributed by atoms with E-state index in [1.165, 1.54) is 0 Å². The molecule has 22 heteroatoms. The monoisotopic (exact) mass is 538 g/mol. The number of phosphoric acid groups is 3. The number of H-pyrrole nitrogens is 1. The predicted molar refractivity (Wildman–Crippen MR) is 93.1 cm³/mol. The quantitative estimate of drug-likeness (QED) is 0.171. The van der Waals surface area contributed by atoms with Crippen molar-refractivity contribution in [3.05, 3.63) is 33.1 Å². The van der Waals surface area contributed by atoms with Gasteiger partial charge >= 0.3 is 29.2 Å². The lowest BCUT2D eigenvalue weighted by Crippen LogP contribution is -2.51. The molecule has 1 rings (SSSR count). The van der Waals surface area contributed by atoms with E-state index in [4.69, 9.17) is 14.7 Å². The number of ether oxygens (including phenoxy) is 1. The number of aliphatic hydroxyl groups is 1. The maximum absolute atomic E-state index is 13.7. The molecule has 16 nitrogen and oxygen atoms in total. The number of nitrogens with zero attached hydrogens (tertiary/aromatic N) is 1. The van der Waals surface area contributed by atoms with Gasteiger partial charge in [-0.1, -0.05) is 0 Å². The second-order valence-corrected chi connectivity index (χ2v) is 10.1. The zero-order valence-corrected chi connectivity index (χ0v) is 17.9. The first-order valence-corrected chi connectivity index (χ1v) is 12.2. The molecule has 0 aliphatic heterocycles. The topological polar surface area (TPSA) is 244 Å². The summed E-state index contributed by atoms with van der Waals surface area (Å²) < 4.78 is 89.9. The lowest BCUT2D eigenvalue weighted by Gasteiger charge is -2.34. The van der Waals surface area contributed by atoms with Gasteiger partial charge in [0.1, 0.15) is 13.3 Å². The summed E-state index contributed by atoms with van der Waals surface area (Å²) in [5.74, 6) is 0. The molecule has 186 valence electrons. The Balaban J connectivity index is 3.12. The summed E-state index contributed by atoms with van der Waals surface area (Å²) in [5.41, 5.74) is -5.59. The largest absolute Gasteiger partial charge is 0.490 e. The number of nitrogens with one attached hydrogen (secondary N) is 1. The highest BCUT2D eigenvalue weighted by Gasteiger charge is 2.47. The summed E-state index contributed by atoms with van der Waals surface area (Å²) in [4.78, 5) is 59.7. The van der Waals surface area contributed by atoms with Crippen LogP contribution in [0.3, 0.4) is 0 Å². The van der Waals surface area contributed by atoms with E-state index in [0.717, 1.165) is 0 Å². The normalized spacial score (nSPS) is 20.0.